The maximum Gasteiger partial charge on any atom is 0.149 e. The summed E-state index contributed by atoms with van der Waals surface area (Å²) in [5.74, 6) is -0.262. The Kier molecular flexibility index (Phi) is 3.24. The number of halogens is 1. The van der Waals surface area contributed by atoms with Crippen LogP contribution in [0.25, 0.3) is 5.69 Å². The molecule has 0 saturated heterocycles. The van der Waals surface area contributed by atoms with Crippen LogP contribution < -0.4 is 5.73 Å². The zero-order valence-electron chi connectivity index (χ0n) is 10.1. The largest absolute Gasteiger partial charge is 0.330 e. The van der Waals surface area contributed by atoms with Crippen molar-refractivity contribution in [1.82, 2.24) is 9.78 Å². The van der Waals surface area contributed by atoms with Gasteiger partial charge in [0.25, 0.3) is 0 Å². The molecule has 1 aromatic carbocycles. The molecule has 0 spiro atoms. The fraction of sp³-hybridized carbons (Fsp3) is 0.308. The number of aromatic nitrogens is 2. The van der Waals surface area contributed by atoms with Gasteiger partial charge < -0.3 is 5.73 Å². The first kappa shape index (κ1) is 11.8. The highest BCUT2D eigenvalue weighted by Gasteiger charge is 2.13. The number of hydrogen-bond acceptors (Lipinski definition) is 2. The molecule has 0 aliphatic heterocycles. The maximum absolute atomic E-state index is 13.9. The highest BCUT2D eigenvalue weighted by molar-refractivity contribution is 5.43. The van der Waals surface area contributed by atoms with E-state index in [4.69, 9.17) is 5.73 Å². The molecule has 3 nitrogen and oxygen atoms in total. The molecule has 90 valence electrons. The van der Waals surface area contributed by atoms with E-state index in [1.807, 2.05) is 26.0 Å². The zero-order valence-corrected chi connectivity index (χ0v) is 10.1. The second-order valence-corrected chi connectivity index (χ2v) is 4.13. The Hall–Kier alpha value is -1.68. The summed E-state index contributed by atoms with van der Waals surface area (Å²) in [5.41, 5.74) is 8.75. The zero-order chi connectivity index (χ0) is 12.4. The summed E-state index contributed by atoms with van der Waals surface area (Å²) in [7, 11) is 0. The van der Waals surface area contributed by atoms with Crippen LogP contribution >= 0.6 is 0 Å². The predicted molar refractivity (Wildman–Crippen MR) is 65.8 cm³/mol. The molecule has 0 atom stereocenters. The third kappa shape index (κ3) is 2.22. The van der Waals surface area contributed by atoms with E-state index in [1.165, 1.54) is 6.07 Å². The lowest BCUT2D eigenvalue weighted by atomic mass is 10.1. The Bertz CT molecular complexity index is 531. The van der Waals surface area contributed by atoms with Crippen LogP contribution in [0.4, 0.5) is 4.39 Å². The van der Waals surface area contributed by atoms with Gasteiger partial charge in [0.2, 0.25) is 0 Å². The first-order valence-electron chi connectivity index (χ1n) is 5.64. The smallest absolute Gasteiger partial charge is 0.149 e. The SMILES string of the molecule is Cc1cc(C)n(-c2c(F)cccc2CCN)n1. The van der Waals surface area contributed by atoms with E-state index in [0.29, 0.717) is 18.7 Å². The molecule has 0 unspecified atom stereocenters. The van der Waals surface area contributed by atoms with Gasteiger partial charge in [0.15, 0.2) is 0 Å². The van der Waals surface area contributed by atoms with Crippen molar-refractivity contribution in [2.45, 2.75) is 20.3 Å². The van der Waals surface area contributed by atoms with E-state index in [9.17, 15) is 4.39 Å². The Morgan fingerprint density at radius 2 is 2.12 bits per heavy atom. The predicted octanol–water partition coefficient (Wildman–Crippen LogP) is 2.13. The average molecular weight is 233 g/mol. The van der Waals surface area contributed by atoms with Crippen LogP contribution in [0.15, 0.2) is 24.3 Å². The van der Waals surface area contributed by atoms with Crippen LogP contribution in [-0.4, -0.2) is 16.3 Å². The molecule has 0 aliphatic carbocycles. The van der Waals surface area contributed by atoms with Gasteiger partial charge in [-0.3, -0.25) is 0 Å². The van der Waals surface area contributed by atoms with E-state index in [0.717, 1.165) is 17.0 Å². The van der Waals surface area contributed by atoms with E-state index < -0.39 is 0 Å². The van der Waals surface area contributed by atoms with Crippen molar-refractivity contribution in [3.8, 4) is 5.69 Å². The second-order valence-electron chi connectivity index (χ2n) is 4.13. The number of benzene rings is 1. The van der Waals surface area contributed by atoms with E-state index in [1.54, 1.807) is 10.7 Å². The van der Waals surface area contributed by atoms with Crippen molar-refractivity contribution < 1.29 is 4.39 Å². The van der Waals surface area contributed by atoms with Crippen LogP contribution in [-0.2, 0) is 6.42 Å². The Balaban J connectivity index is 2.61. The lowest BCUT2D eigenvalue weighted by molar-refractivity contribution is 0.604. The minimum Gasteiger partial charge on any atom is -0.330 e. The van der Waals surface area contributed by atoms with E-state index in [-0.39, 0.29) is 5.82 Å². The highest BCUT2D eigenvalue weighted by atomic mass is 19.1. The minimum atomic E-state index is -0.262. The minimum absolute atomic E-state index is 0.262. The topological polar surface area (TPSA) is 43.8 Å². The Morgan fingerprint density at radius 3 is 2.71 bits per heavy atom. The van der Waals surface area contributed by atoms with Gasteiger partial charge >= 0.3 is 0 Å². The fourth-order valence-electron chi connectivity index (χ4n) is 2.01. The molecule has 0 bridgehead atoms. The van der Waals surface area contributed by atoms with Crippen molar-refractivity contribution in [1.29, 1.82) is 0 Å². The summed E-state index contributed by atoms with van der Waals surface area (Å²) in [6.45, 7) is 4.31. The van der Waals surface area contributed by atoms with Crippen molar-refractivity contribution in [2.24, 2.45) is 5.73 Å². The van der Waals surface area contributed by atoms with Crippen LogP contribution in [0.2, 0.25) is 0 Å². The van der Waals surface area contributed by atoms with Gasteiger partial charge in [0, 0.05) is 5.69 Å². The summed E-state index contributed by atoms with van der Waals surface area (Å²) >= 11 is 0. The van der Waals surface area contributed by atoms with Crippen LogP contribution in [0.5, 0.6) is 0 Å². The molecule has 2 N–H and O–H groups in total. The molecular weight excluding hydrogens is 217 g/mol. The van der Waals surface area contributed by atoms with Gasteiger partial charge in [-0.15, -0.1) is 0 Å². The Morgan fingerprint density at radius 1 is 1.35 bits per heavy atom. The maximum atomic E-state index is 13.9. The van der Waals surface area contributed by atoms with Crippen molar-refractivity contribution >= 4 is 0 Å². The third-order valence-corrected chi connectivity index (χ3v) is 2.71. The lowest BCUT2D eigenvalue weighted by Crippen LogP contribution is -2.10. The van der Waals surface area contributed by atoms with Crippen molar-refractivity contribution in [2.75, 3.05) is 6.54 Å². The van der Waals surface area contributed by atoms with Gasteiger partial charge in [0.1, 0.15) is 11.5 Å². The molecule has 2 rings (SSSR count). The van der Waals surface area contributed by atoms with Crippen molar-refractivity contribution in [3.63, 3.8) is 0 Å². The van der Waals surface area contributed by atoms with Gasteiger partial charge in [0.05, 0.1) is 5.69 Å². The molecule has 0 radical (unpaired) electrons. The standard InChI is InChI=1S/C13H16FN3/c1-9-8-10(2)17(16-9)13-11(6-7-15)4-3-5-12(13)14/h3-5,8H,6-7,15H2,1-2H3. The molecule has 0 fully saturated rings. The number of para-hydroxylation sites is 1. The summed E-state index contributed by atoms with van der Waals surface area (Å²) in [6.07, 6.45) is 0.644. The van der Waals surface area contributed by atoms with E-state index in [2.05, 4.69) is 5.10 Å². The third-order valence-electron chi connectivity index (χ3n) is 2.71. The monoisotopic (exact) mass is 233 g/mol. The molecular formula is C13H16FN3. The number of rotatable bonds is 3. The lowest BCUT2D eigenvalue weighted by Gasteiger charge is -2.11. The first-order valence-corrected chi connectivity index (χ1v) is 5.64. The number of nitrogens with two attached hydrogens (primary N) is 1. The van der Waals surface area contributed by atoms with Crippen molar-refractivity contribution in [3.05, 3.63) is 47.0 Å². The first-order chi connectivity index (χ1) is 8.13. The number of nitrogens with zero attached hydrogens (tertiary/aromatic N) is 2. The molecule has 4 heteroatoms. The van der Waals surface area contributed by atoms with Crippen LogP contribution in [0.1, 0.15) is 17.0 Å². The molecule has 1 heterocycles. The molecule has 1 aromatic heterocycles. The normalized spacial score (nSPS) is 10.8. The molecule has 0 saturated carbocycles. The molecule has 0 amide bonds. The average Bonchev–Trinajstić information content (AvgIpc) is 2.58. The quantitative estimate of drug-likeness (QED) is 0.882. The number of aryl methyl sites for hydroxylation is 2. The van der Waals surface area contributed by atoms with Gasteiger partial charge in [-0.1, -0.05) is 12.1 Å². The van der Waals surface area contributed by atoms with Crippen LogP contribution in [0.3, 0.4) is 0 Å². The Labute approximate surface area is 100 Å². The van der Waals surface area contributed by atoms with Crippen LogP contribution in [0, 0.1) is 19.7 Å². The van der Waals surface area contributed by atoms with Gasteiger partial charge in [-0.2, -0.15) is 5.10 Å². The highest BCUT2D eigenvalue weighted by Crippen LogP contribution is 2.20. The molecule has 17 heavy (non-hydrogen) atoms. The number of hydrogen-bond donors (Lipinski definition) is 1. The summed E-state index contributed by atoms with van der Waals surface area (Å²) in [5, 5.41) is 4.32. The second kappa shape index (κ2) is 4.67. The summed E-state index contributed by atoms with van der Waals surface area (Å²) in [6, 6.07) is 6.97. The molecule has 2 aromatic rings. The molecule has 0 aliphatic rings. The van der Waals surface area contributed by atoms with Gasteiger partial charge in [-0.05, 0) is 44.5 Å². The summed E-state index contributed by atoms with van der Waals surface area (Å²) in [4.78, 5) is 0. The van der Waals surface area contributed by atoms with E-state index >= 15 is 0 Å². The van der Waals surface area contributed by atoms with Gasteiger partial charge in [-0.25, -0.2) is 9.07 Å². The fourth-order valence-corrected chi connectivity index (χ4v) is 2.01. The summed E-state index contributed by atoms with van der Waals surface area (Å²) < 4.78 is 15.6.